The van der Waals surface area contributed by atoms with Crippen LogP contribution in [-0.4, -0.2) is 65.7 Å². The molecule has 1 unspecified atom stereocenters. The first-order chi connectivity index (χ1) is 9.11. The van der Waals surface area contributed by atoms with Crippen LogP contribution in [0.3, 0.4) is 0 Å². The average molecular weight is 285 g/mol. The SMILES string of the molecule is CSCC[C@@H](N)c1nc(C2CN(C)CCN2C)no1. The van der Waals surface area contributed by atoms with Crippen LogP contribution < -0.4 is 5.73 Å². The van der Waals surface area contributed by atoms with Crippen molar-refractivity contribution in [1.29, 1.82) is 0 Å². The molecule has 0 bridgehead atoms. The van der Waals surface area contributed by atoms with Crippen molar-refractivity contribution in [3.8, 4) is 0 Å². The fourth-order valence-electron chi connectivity index (χ4n) is 2.19. The van der Waals surface area contributed by atoms with Gasteiger partial charge in [0.05, 0.1) is 12.1 Å². The summed E-state index contributed by atoms with van der Waals surface area (Å²) in [5, 5.41) is 4.11. The Labute approximate surface area is 118 Å². The summed E-state index contributed by atoms with van der Waals surface area (Å²) in [7, 11) is 4.21. The lowest BCUT2D eigenvalue weighted by Gasteiger charge is -2.35. The van der Waals surface area contributed by atoms with E-state index in [0.717, 1.165) is 37.6 Å². The Morgan fingerprint density at radius 3 is 3.00 bits per heavy atom. The molecule has 0 radical (unpaired) electrons. The Morgan fingerprint density at radius 2 is 2.26 bits per heavy atom. The Balaban J connectivity index is 2.03. The fraction of sp³-hybridized carbons (Fsp3) is 0.833. The maximum atomic E-state index is 6.05. The van der Waals surface area contributed by atoms with E-state index in [1.165, 1.54) is 0 Å². The lowest BCUT2D eigenvalue weighted by molar-refractivity contribution is 0.108. The van der Waals surface area contributed by atoms with Crippen molar-refractivity contribution < 1.29 is 4.52 Å². The van der Waals surface area contributed by atoms with Crippen molar-refractivity contribution in [2.75, 3.05) is 45.7 Å². The van der Waals surface area contributed by atoms with Crippen LogP contribution in [0.1, 0.15) is 30.2 Å². The monoisotopic (exact) mass is 285 g/mol. The summed E-state index contributed by atoms with van der Waals surface area (Å²) < 4.78 is 5.32. The van der Waals surface area contributed by atoms with Gasteiger partial charge in [-0.15, -0.1) is 0 Å². The van der Waals surface area contributed by atoms with Crippen LogP contribution in [0.25, 0.3) is 0 Å². The van der Waals surface area contributed by atoms with Gasteiger partial charge in [-0.3, -0.25) is 4.90 Å². The van der Waals surface area contributed by atoms with Crippen molar-refractivity contribution in [2.45, 2.75) is 18.5 Å². The van der Waals surface area contributed by atoms with Gasteiger partial charge in [0, 0.05) is 19.6 Å². The maximum Gasteiger partial charge on any atom is 0.243 e. The minimum absolute atomic E-state index is 0.152. The van der Waals surface area contributed by atoms with E-state index in [4.69, 9.17) is 10.3 Å². The van der Waals surface area contributed by atoms with Gasteiger partial charge in [-0.2, -0.15) is 16.7 Å². The third kappa shape index (κ3) is 3.68. The van der Waals surface area contributed by atoms with E-state index in [2.05, 4.69) is 40.3 Å². The normalized spacial score (nSPS) is 23.7. The highest BCUT2D eigenvalue weighted by Crippen LogP contribution is 2.22. The van der Waals surface area contributed by atoms with Gasteiger partial charge in [0.1, 0.15) is 0 Å². The molecule has 2 atom stereocenters. The van der Waals surface area contributed by atoms with E-state index in [1.54, 1.807) is 11.8 Å². The van der Waals surface area contributed by atoms with Crippen LogP contribution in [0.5, 0.6) is 0 Å². The van der Waals surface area contributed by atoms with Crippen molar-refractivity contribution in [3.05, 3.63) is 11.7 Å². The predicted molar refractivity (Wildman–Crippen MR) is 77.1 cm³/mol. The lowest BCUT2D eigenvalue weighted by atomic mass is 10.2. The molecule has 2 heterocycles. The number of likely N-dealkylation sites (N-methyl/N-ethyl adjacent to an activating group) is 2. The fourth-order valence-corrected chi connectivity index (χ4v) is 2.68. The zero-order valence-electron chi connectivity index (χ0n) is 11.9. The van der Waals surface area contributed by atoms with Crippen molar-refractivity contribution in [2.24, 2.45) is 5.73 Å². The van der Waals surface area contributed by atoms with Gasteiger partial charge in [-0.25, -0.2) is 0 Å². The first-order valence-corrected chi connectivity index (χ1v) is 7.98. The molecule has 0 aromatic carbocycles. The highest BCUT2D eigenvalue weighted by molar-refractivity contribution is 7.98. The molecule has 0 spiro atoms. The van der Waals surface area contributed by atoms with Gasteiger partial charge in [0.2, 0.25) is 5.89 Å². The van der Waals surface area contributed by atoms with Crippen LogP contribution in [0.2, 0.25) is 0 Å². The molecule has 7 heteroatoms. The van der Waals surface area contributed by atoms with Crippen molar-refractivity contribution >= 4 is 11.8 Å². The molecule has 1 saturated heterocycles. The summed E-state index contributed by atoms with van der Waals surface area (Å²) >= 11 is 1.78. The number of hydrogen-bond acceptors (Lipinski definition) is 7. The van der Waals surface area contributed by atoms with E-state index in [1.807, 2.05) is 0 Å². The Morgan fingerprint density at radius 1 is 1.47 bits per heavy atom. The highest BCUT2D eigenvalue weighted by atomic mass is 32.2. The number of nitrogens with zero attached hydrogens (tertiary/aromatic N) is 4. The zero-order chi connectivity index (χ0) is 13.8. The number of rotatable bonds is 5. The largest absolute Gasteiger partial charge is 0.338 e. The minimum atomic E-state index is -0.152. The Hall–Kier alpha value is -0.630. The number of thioether (sulfide) groups is 1. The first kappa shape index (κ1) is 14.8. The molecule has 6 nitrogen and oxygen atoms in total. The lowest BCUT2D eigenvalue weighted by Crippen LogP contribution is -2.45. The average Bonchev–Trinajstić information content (AvgIpc) is 2.88. The quantitative estimate of drug-likeness (QED) is 0.855. The number of nitrogens with two attached hydrogens (primary N) is 1. The third-order valence-corrected chi connectivity index (χ3v) is 4.20. The van der Waals surface area contributed by atoms with Crippen LogP contribution in [0, 0.1) is 0 Å². The Kier molecular flexibility index (Phi) is 5.20. The maximum absolute atomic E-state index is 6.05. The molecule has 19 heavy (non-hydrogen) atoms. The van der Waals surface area contributed by atoms with E-state index < -0.39 is 0 Å². The van der Waals surface area contributed by atoms with E-state index >= 15 is 0 Å². The van der Waals surface area contributed by atoms with Gasteiger partial charge in [0.25, 0.3) is 0 Å². The third-order valence-electron chi connectivity index (χ3n) is 3.56. The number of hydrogen-bond donors (Lipinski definition) is 1. The summed E-state index contributed by atoms with van der Waals surface area (Å²) in [5.41, 5.74) is 6.05. The molecular weight excluding hydrogens is 262 g/mol. The van der Waals surface area contributed by atoms with Gasteiger partial charge in [-0.05, 0) is 32.5 Å². The molecule has 2 N–H and O–H groups in total. The number of piperazine rings is 1. The molecular formula is C12H23N5OS. The molecule has 0 saturated carbocycles. The summed E-state index contributed by atoms with van der Waals surface area (Å²) in [5.74, 6) is 2.32. The summed E-state index contributed by atoms with van der Waals surface area (Å²) in [4.78, 5) is 9.04. The molecule has 1 aromatic heterocycles. The second kappa shape index (κ2) is 6.69. The van der Waals surface area contributed by atoms with E-state index in [0.29, 0.717) is 5.89 Å². The first-order valence-electron chi connectivity index (χ1n) is 6.58. The topological polar surface area (TPSA) is 71.4 Å². The van der Waals surface area contributed by atoms with Crippen molar-refractivity contribution in [1.82, 2.24) is 19.9 Å². The van der Waals surface area contributed by atoms with Crippen LogP contribution in [0.4, 0.5) is 0 Å². The second-order valence-corrected chi connectivity index (χ2v) is 6.12. The number of aromatic nitrogens is 2. The van der Waals surface area contributed by atoms with Gasteiger partial charge in [0.15, 0.2) is 5.82 Å². The minimum Gasteiger partial charge on any atom is -0.338 e. The van der Waals surface area contributed by atoms with Gasteiger partial charge in [-0.1, -0.05) is 5.16 Å². The van der Waals surface area contributed by atoms with E-state index in [9.17, 15) is 0 Å². The molecule has 2 rings (SSSR count). The molecule has 1 fully saturated rings. The van der Waals surface area contributed by atoms with Crippen molar-refractivity contribution in [3.63, 3.8) is 0 Å². The Bertz CT molecular complexity index is 399. The zero-order valence-corrected chi connectivity index (χ0v) is 12.7. The molecule has 1 aliphatic rings. The molecule has 1 aromatic rings. The van der Waals surface area contributed by atoms with Gasteiger partial charge < -0.3 is 15.2 Å². The molecule has 1 aliphatic heterocycles. The van der Waals surface area contributed by atoms with Crippen LogP contribution in [-0.2, 0) is 0 Å². The molecule has 0 amide bonds. The van der Waals surface area contributed by atoms with Gasteiger partial charge >= 0.3 is 0 Å². The highest BCUT2D eigenvalue weighted by Gasteiger charge is 2.28. The predicted octanol–water partition coefficient (Wildman–Crippen LogP) is 0.741. The van der Waals surface area contributed by atoms with Crippen LogP contribution in [0.15, 0.2) is 4.52 Å². The smallest absolute Gasteiger partial charge is 0.243 e. The summed E-state index contributed by atoms with van der Waals surface area (Å²) in [6.07, 6.45) is 2.93. The van der Waals surface area contributed by atoms with E-state index in [-0.39, 0.29) is 12.1 Å². The second-order valence-electron chi connectivity index (χ2n) is 5.14. The summed E-state index contributed by atoms with van der Waals surface area (Å²) in [6, 6.07) is 0.0457. The molecule has 108 valence electrons. The standard InChI is InChI=1S/C12H23N5OS/c1-16-5-6-17(2)10(8-16)11-14-12(18-15-11)9(13)4-7-19-3/h9-10H,4-8,13H2,1-3H3/t9-,10?/m1/s1. The molecule has 0 aliphatic carbocycles. The van der Waals surface area contributed by atoms with Crippen LogP contribution >= 0.6 is 11.8 Å². The summed E-state index contributed by atoms with van der Waals surface area (Å²) in [6.45, 7) is 3.02.